The van der Waals surface area contributed by atoms with E-state index in [1.165, 1.54) is 12.8 Å². The Morgan fingerprint density at radius 3 is 2.52 bits per heavy atom. The Kier molecular flexibility index (Phi) is 8.10. The van der Waals surface area contributed by atoms with Crippen LogP contribution in [0.5, 0.6) is 0 Å². The summed E-state index contributed by atoms with van der Waals surface area (Å²) in [6.07, 6.45) is 2.47. The van der Waals surface area contributed by atoms with Crippen molar-refractivity contribution in [2.75, 3.05) is 26.7 Å². The van der Waals surface area contributed by atoms with Gasteiger partial charge in [0.15, 0.2) is 0 Å². The van der Waals surface area contributed by atoms with E-state index in [1.54, 1.807) is 19.2 Å². The summed E-state index contributed by atoms with van der Waals surface area (Å²) in [5, 5.41) is 8.51. The van der Waals surface area contributed by atoms with Gasteiger partial charge in [-0.1, -0.05) is 32.9 Å². The van der Waals surface area contributed by atoms with Crippen LogP contribution >= 0.6 is 0 Å². The molecule has 0 bridgehead atoms. The van der Waals surface area contributed by atoms with Gasteiger partial charge >= 0.3 is 6.03 Å². The molecule has 0 aliphatic carbocycles. The van der Waals surface area contributed by atoms with E-state index >= 15 is 0 Å². The molecule has 1 unspecified atom stereocenters. The zero-order chi connectivity index (χ0) is 19.8. The minimum absolute atomic E-state index is 0.128. The van der Waals surface area contributed by atoms with Crippen LogP contribution < -0.4 is 16.0 Å². The fraction of sp³-hybridized carbons (Fsp3) is 0.619. The molecule has 6 heteroatoms. The monoisotopic (exact) mass is 374 g/mol. The average molecular weight is 375 g/mol. The van der Waals surface area contributed by atoms with Crippen molar-refractivity contribution in [2.45, 2.75) is 46.2 Å². The highest BCUT2D eigenvalue weighted by Gasteiger charge is 2.25. The summed E-state index contributed by atoms with van der Waals surface area (Å²) in [6.45, 7) is 10.0. The zero-order valence-corrected chi connectivity index (χ0v) is 17.0. The molecular weight excluding hydrogens is 340 g/mol. The van der Waals surface area contributed by atoms with Crippen LogP contribution in [0.4, 0.5) is 4.79 Å². The van der Waals surface area contributed by atoms with Gasteiger partial charge in [0.1, 0.15) is 0 Å². The van der Waals surface area contributed by atoms with Gasteiger partial charge in [-0.25, -0.2) is 4.79 Å². The number of likely N-dealkylation sites (tertiary alicyclic amines) is 1. The number of piperidine rings is 1. The van der Waals surface area contributed by atoms with Crippen LogP contribution in [0, 0.1) is 11.8 Å². The van der Waals surface area contributed by atoms with Gasteiger partial charge < -0.3 is 16.0 Å². The van der Waals surface area contributed by atoms with Crippen molar-refractivity contribution in [3.8, 4) is 0 Å². The predicted octanol–water partition coefficient (Wildman–Crippen LogP) is 2.60. The van der Waals surface area contributed by atoms with E-state index in [1.807, 2.05) is 12.1 Å². The number of hydrogen-bond donors (Lipinski definition) is 3. The lowest BCUT2D eigenvalue weighted by molar-refractivity contribution is 0.0963. The summed E-state index contributed by atoms with van der Waals surface area (Å²) in [7, 11) is 1.61. The lowest BCUT2D eigenvalue weighted by Crippen LogP contribution is -2.51. The highest BCUT2D eigenvalue weighted by atomic mass is 16.2. The Morgan fingerprint density at radius 1 is 1.19 bits per heavy atom. The molecule has 0 radical (unpaired) electrons. The summed E-state index contributed by atoms with van der Waals surface area (Å²) in [5.41, 5.74) is 1.49. The van der Waals surface area contributed by atoms with Gasteiger partial charge in [0.05, 0.1) is 0 Å². The second kappa shape index (κ2) is 10.3. The molecule has 2 rings (SSSR count). The maximum absolute atomic E-state index is 12.2. The van der Waals surface area contributed by atoms with Crippen molar-refractivity contribution >= 4 is 11.9 Å². The van der Waals surface area contributed by atoms with Gasteiger partial charge in [-0.2, -0.15) is 0 Å². The number of amides is 3. The van der Waals surface area contributed by atoms with E-state index < -0.39 is 0 Å². The maximum atomic E-state index is 12.2. The third kappa shape index (κ3) is 6.54. The standard InChI is InChI=1S/C21H34N4O2/c1-15(2)19(25-10-8-16(3)9-11-25)14-24-21(27)23-13-17-6-5-7-18(12-17)20(26)22-4/h5-7,12,15-16,19H,8-11,13-14H2,1-4H3,(H,22,26)(H2,23,24,27). The summed E-state index contributed by atoms with van der Waals surface area (Å²) >= 11 is 0. The Balaban J connectivity index is 1.81. The van der Waals surface area contributed by atoms with Crippen LogP contribution in [0.1, 0.15) is 49.5 Å². The normalized spacial score (nSPS) is 16.8. The first kappa shape index (κ1) is 21.2. The van der Waals surface area contributed by atoms with Gasteiger partial charge in [-0.05, 0) is 55.5 Å². The number of urea groups is 1. The lowest BCUT2D eigenvalue weighted by Gasteiger charge is -2.38. The van der Waals surface area contributed by atoms with E-state index in [0.717, 1.165) is 24.6 Å². The number of benzene rings is 1. The van der Waals surface area contributed by atoms with Crippen molar-refractivity contribution in [3.63, 3.8) is 0 Å². The number of nitrogens with one attached hydrogen (secondary N) is 3. The molecule has 1 saturated heterocycles. The van der Waals surface area contributed by atoms with Crippen molar-refractivity contribution < 1.29 is 9.59 Å². The molecule has 1 atom stereocenters. The molecule has 1 aliphatic rings. The molecule has 6 nitrogen and oxygen atoms in total. The van der Waals surface area contributed by atoms with Crippen molar-refractivity contribution in [1.82, 2.24) is 20.9 Å². The summed E-state index contributed by atoms with van der Waals surface area (Å²) in [4.78, 5) is 26.4. The molecule has 150 valence electrons. The first-order chi connectivity index (χ1) is 12.9. The Labute approximate surface area is 163 Å². The van der Waals surface area contributed by atoms with Gasteiger partial charge in [0, 0.05) is 31.7 Å². The Bertz CT molecular complexity index is 624. The number of rotatable bonds is 7. The van der Waals surface area contributed by atoms with E-state index in [0.29, 0.717) is 30.6 Å². The number of nitrogens with zero attached hydrogens (tertiary/aromatic N) is 1. The lowest BCUT2D eigenvalue weighted by atomic mass is 9.94. The van der Waals surface area contributed by atoms with E-state index in [2.05, 4.69) is 41.6 Å². The van der Waals surface area contributed by atoms with Crippen LogP contribution in [0.15, 0.2) is 24.3 Å². The van der Waals surface area contributed by atoms with E-state index in [-0.39, 0.29) is 11.9 Å². The van der Waals surface area contributed by atoms with E-state index in [4.69, 9.17) is 0 Å². The molecule has 1 heterocycles. The number of carbonyl (C=O) groups is 2. The first-order valence-electron chi connectivity index (χ1n) is 9.97. The smallest absolute Gasteiger partial charge is 0.315 e. The van der Waals surface area contributed by atoms with Crippen LogP contribution in [-0.2, 0) is 6.54 Å². The third-order valence-corrected chi connectivity index (χ3v) is 5.40. The van der Waals surface area contributed by atoms with Gasteiger partial charge in [-0.3, -0.25) is 9.69 Å². The van der Waals surface area contributed by atoms with Crippen molar-refractivity contribution in [1.29, 1.82) is 0 Å². The number of hydrogen-bond acceptors (Lipinski definition) is 3. The van der Waals surface area contributed by atoms with Gasteiger partial charge in [0.2, 0.25) is 0 Å². The molecule has 27 heavy (non-hydrogen) atoms. The van der Waals surface area contributed by atoms with Crippen molar-refractivity contribution in [3.05, 3.63) is 35.4 Å². The molecule has 1 aromatic rings. The van der Waals surface area contributed by atoms with Gasteiger partial charge in [-0.15, -0.1) is 0 Å². The van der Waals surface area contributed by atoms with Crippen LogP contribution in [0.3, 0.4) is 0 Å². The van der Waals surface area contributed by atoms with E-state index in [9.17, 15) is 9.59 Å². The molecule has 1 aliphatic heterocycles. The second-order valence-corrected chi connectivity index (χ2v) is 7.87. The summed E-state index contributed by atoms with van der Waals surface area (Å²) in [6, 6.07) is 7.47. The largest absolute Gasteiger partial charge is 0.355 e. The zero-order valence-electron chi connectivity index (χ0n) is 17.0. The number of carbonyl (C=O) groups excluding carboxylic acids is 2. The fourth-order valence-electron chi connectivity index (χ4n) is 3.56. The topological polar surface area (TPSA) is 73.5 Å². The second-order valence-electron chi connectivity index (χ2n) is 7.87. The fourth-order valence-corrected chi connectivity index (χ4v) is 3.56. The molecule has 1 fully saturated rings. The third-order valence-electron chi connectivity index (χ3n) is 5.40. The summed E-state index contributed by atoms with van der Waals surface area (Å²) < 4.78 is 0. The highest BCUT2D eigenvalue weighted by Crippen LogP contribution is 2.21. The summed E-state index contributed by atoms with van der Waals surface area (Å²) in [5.74, 6) is 1.16. The molecule has 3 N–H and O–H groups in total. The minimum Gasteiger partial charge on any atom is -0.355 e. The average Bonchev–Trinajstić information content (AvgIpc) is 2.67. The molecule has 0 aromatic heterocycles. The Morgan fingerprint density at radius 2 is 1.89 bits per heavy atom. The highest BCUT2D eigenvalue weighted by molar-refractivity contribution is 5.94. The van der Waals surface area contributed by atoms with Crippen LogP contribution in [0.2, 0.25) is 0 Å². The SMILES string of the molecule is CNC(=O)c1cccc(CNC(=O)NCC(C(C)C)N2CCC(C)CC2)c1. The quantitative estimate of drug-likeness (QED) is 0.687. The maximum Gasteiger partial charge on any atom is 0.315 e. The molecule has 0 spiro atoms. The van der Waals surface area contributed by atoms with Gasteiger partial charge in [0.25, 0.3) is 5.91 Å². The molecule has 1 aromatic carbocycles. The van der Waals surface area contributed by atoms with Crippen LogP contribution in [-0.4, -0.2) is 49.6 Å². The van der Waals surface area contributed by atoms with Crippen molar-refractivity contribution in [2.24, 2.45) is 11.8 Å². The first-order valence-corrected chi connectivity index (χ1v) is 9.97. The minimum atomic E-state index is -0.170. The molecule has 0 saturated carbocycles. The molecule has 3 amide bonds. The Hall–Kier alpha value is -2.08. The predicted molar refractivity (Wildman–Crippen MR) is 109 cm³/mol. The van der Waals surface area contributed by atoms with Crippen LogP contribution in [0.25, 0.3) is 0 Å². The molecular formula is C21H34N4O2.